The standard InChI is InChI=1S/C16H18N4O4/c1-11-8-10-18-16(19-11)24-13-6-4-12(5-7-13)20-15(23)17-9-2-3-14(21)22/h4-8,10H,2-3,9H2,1H3,(H,21,22)(H2,17,20,23). The quantitative estimate of drug-likeness (QED) is 0.672. The predicted molar refractivity (Wildman–Crippen MR) is 87.2 cm³/mol. The lowest BCUT2D eigenvalue weighted by Crippen LogP contribution is -2.29. The van der Waals surface area contributed by atoms with Gasteiger partial charge in [0.05, 0.1) is 0 Å². The molecule has 0 radical (unpaired) electrons. The van der Waals surface area contributed by atoms with Gasteiger partial charge in [-0.2, -0.15) is 0 Å². The number of urea groups is 1. The third-order valence-electron chi connectivity index (χ3n) is 2.95. The molecular formula is C16H18N4O4. The largest absolute Gasteiger partial charge is 0.481 e. The van der Waals surface area contributed by atoms with E-state index < -0.39 is 12.0 Å². The fourth-order valence-electron chi connectivity index (χ4n) is 1.80. The number of carboxylic acid groups (broad SMARTS) is 1. The number of aromatic nitrogens is 2. The third-order valence-corrected chi connectivity index (χ3v) is 2.95. The van der Waals surface area contributed by atoms with Gasteiger partial charge in [0.2, 0.25) is 0 Å². The lowest BCUT2D eigenvalue weighted by molar-refractivity contribution is -0.137. The number of amides is 2. The van der Waals surface area contributed by atoms with Crippen molar-refractivity contribution in [1.82, 2.24) is 15.3 Å². The fourth-order valence-corrected chi connectivity index (χ4v) is 1.80. The lowest BCUT2D eigenvalue weighted by atomic mass is 10.3. The summed E-state index contributed by atoms with van der Waals surface area (Å²) in [5.74, 6) is -0.335. The van der Waals surface area contributed by atoms with Crippen molar-refractivity contribution in [3.8, 4) is 11.8 Å². The second kappa shape index (κ2) is 8.47. The van der Waals surface area contributed by atoms with E-state index in [0.29, 0.717) is 24.4 Å². The molecule has 0 bridgehead atoms. The van der Waals surface area contributed by atoms with Crippen LogP contribution in [0.2, 0.25) is 0 Å². The van der Waals surface area contributed by atoms with Gasteiger partial charge >= 0.3 is 18.0 Å². The average Bonchev–Trinajstić information content (AvgIpc) is 2.53. The smallest absolute Gasteiger partial charge is 0.322 e. The molecule has 0 fully saturated rings. The van der Waals surface area contributed by atoms with E-state index >= 15 is 0 Å². The first-order valence-electron chi connectivity index (χ1n) is 7.37. The Morgan fingerprint density at radius 3 is 2.62 bits per heavy atom. The van der Waals surface area contributed by atoms with Crippen LogP contribution >= 0.6 is 0 Å². The zero-order valence-corrected chi connectivity index (χ0v) is 13.2. The fraction of sp³-hybridized carbons (Fsp3) is 0.250. The van der Waals surface area contributed by atoms with E-state index in [9.17, 15) is 9.59 Å². The topological polar surface area (TPSA) is 113 Å². The first-order chi connectivity index (χ1) is 11.5. The number of carbonyl (C=O) groups excluding carboxylic acids is 1. The molecule has 0 saturated heterocycles. The number of ether oxygens (including phenoxy) is 1. The number of hydrogen-bond donors (Lipinski definition) is 3. The van der Waals surface area contributed by atoms with Gasteiger partial charge in [-0.25, -0.2) is 14.8 Å². The zero-order chi connectivity index (χ0) is 17.4. The number of hydrogen-bond acceptors (Lipinski definition) is 5. The van der Waals surface area contributed by atoms with Gasteiger partial charge in [-0.15, -0.1) is 0 Å². The number of nitrogens with one attached hydrogen (secondary N) is 2. The Morgan fingerprint density at radius 1 is 1.21 bits per heavy atom. The first kappa shape index (κ1) is 17.2. The predicted octanol–water partition coefficient (Wildman–Crippen LogP) is 2.56. The summed E-state index contributed by atoms with van der Waals surface area (Å²) in [6.45, 7) is 2.14. The Bertz CT molecular complexity index is 703. The average molecular weight is 330 g/mol. The molecule has 2 rings (SSSR count). The van der Waals surface area contributed by atoms with E-state index in [4.69, 9.17) is 9.84 Å². The minimum absolute atomic E-state index is 0.0212. The molecule has 1 aromatic carbocycles. The molecule has 8 heteroatoms. The normalized spacial score (nSPS) is 10.0. The van der Waals surface area contributed by atoms with E-state index in [1.54, 1.807) is 36.5 Å². The monoisotopic (exact) mass is 330 g/mol. The van der Waals surface area contributed by atoms with Gasteiger partial charge in [0.25, 0.3) is 0 Å². The van der Waals surface area contributed by atoms with Gasteiger partial charge in [-0.3, -0.25) is 4.79 Å². The molecule has 0 saturated carbocycles. The Kier molecular flexibility index (Phi) is 6.07. The molecule has 3 N–H and O–H groups in total. The Hall–Kier alpha value is -3.16. The summed E-state index contributed by atoms with van der Waals surface area (Å²) in [5.41, 5.74) is 1.39. The summed E-state index contributed by atoms with van der Waals surface area (Å²) in [5, 5.41) is 13.7. The van der Waals surface area contributed by atoms with E-state index in [2.05, 4.69) is 20.6 Å². The number of anilines is 1. The minimum atomic E-state index is -0.884. The van der Waals surface area contributed by atoms with Crippen LogP contribution in [-0.4, -0.2) is 33.6 Å². The number of aliphatic carboxylic acids is 1. The van der Waals surface area contributed by atoms with Gasteiger partial charge in [0.15, 0.2) is 0 Å². The molecule has 0 aliphatic rings. The van der Waals surface area contributed by atoms with E-state index in [1.165, 1.54) is 0 Å². The van der Waals surface area contributed by atoms with Crippen molar-refractivity contribution in [2.75, 3.05) is 11.9 Å². The van der Waals surface area contributed by atoms with Crippen LogP contribution in [-0.2, 0) is 4.79 Å². The molecule has 126 valence electrons. The van der Waals surface area contributed by atoms with E-state index in [1.807, 2.05) is 6.92 Å². The molecule has 0 aliphatic heterocycles. The van der Waals surface area contributed by atoms with Crippen LogP contribution in [0, 0.1) is 6.92 Å². The van der Waals surface area contributed by atoms with Crippen LogP contribution in [0.5, 0.6) is 11.8 Å². The van der Waals surface area contributed by atoms with Crippen LogP contribution < -0.4 is 15.4 Å². The van der Waals surface area contributed by atoms with Gasteiger partial charge in [0.1, 0.15) is 5.75 Å². The van der Waals surface area contributed by atoms with E-state index in [-0.39, 0.29) is 12.4 Å². The van der Waals surface area contributed by atoms with Gasteiger partial charge in [-0.1, -0.05) is 0 Å². The first-order valence-corrected chi connectivity index (χ1v) is 7.37. The summed E-state index contributed by atoms with van der Waals surface area (Å²) < 4.78 is 5.51. The van der Waals surface area contributed by atoms with Crippen molar-refractivity contribution >= 4 is 17.7 Å². The van der Waals surface area contributed by atoms with Crippen LogP contribution in [0.3, 0.4) is 0 Å². The number of nitrogens with zero attached hydrogens (tertiary/aromatic N) is 2. The number of carboxylic acids is 1. The second-order valence-corrected chi connectivity index (χ2v) is 4.99. The maximum atomic E-state index is 11.6. The molecule has 1 heterocycles. The zero-order valence-electron chi connectivity index (χ0n) is 13.2. The highest BCUT2D eigenvalue weighted by Crippen LogP contribution is 2.20. The number of aryl methyl sites for hydroxylation is 1. The third kappa shape index (κ3) is 5.91. The summed E-state index contributed by atoms with van der Waals surface area (Å²) in [7, 11) is 0. The molecule has 2 amide bonds. The highest BCUT2D eigenvalue weighted by atomic mass is 16.5. The summed E-state index contributed by atoms with van der Waals surface area (Å²) >= 11 is 0. The molecule has 2 aromatic rings. The molecule has 0 aliphatic carbocycles. The van der Waals surface area contributed by atoms with Crippen LogP contribution in [0.25, 0.3) is 0 Å². The molecular weight excluding hydrogens is 312 g/mol. The van der Waals surface area contributed by atoms with Gasteiger partial charge in [-0.05, 0) is 43.7 Å². The second-order valence-electron chi connectivity index (χ2n) is 4.99. The Morgan fingerprint density at radius 2 is 1.96 bits per heavy atom. The van der Waals surface area contributed by atoms with Crippen LogP contribution in [0.15, 0.2) is 36.5 Å². The van der Waals surface area contributed by atoms with Crippen LogP contribution in [0.1, 0.15) is 18.5 Å². The Balaban J connectivity index is 1.81. The maximum absolute atomic E-state index is 11.6. The van der Waals surface area contributed by atoms with Crippen molar-refractivity contribution in [2.24, 2.45) is 0 Å². The summed E-state index contributed by atoms with van der Waals surface area (Å²) in [6.07, 6.45) is 2.02. The van der Waals surface area contributed by atoms with Gasteiger partial charge in [0, 0.05) is 30.5 Å². The van der Waals surface area contributed by atoms with Crippen molar-refractivity contribution in [3.05, 3.63) is 42.2 Å². The summed E-state index contributed by atoms with van der Waals surface area (Å²) in [6, 6.07) is 8.37. The molecule has 0 atom stereocenters. The highest BCUT2D eigenvalue weighted by molar-refractivity contribution is 5.89. The minimum Gasteiger partial charge on any atom is -0.481 e. The van der Waals surface area contributed by atoms with Gasteiger partial charge < -0.3 is 20.5 Å². The van der Waals surface area contributed by atoms with Crippen LogP contribution in [0.4, 0.5) is 10.5 Å². The molecule has 0 unspecified atom stereocenters. The van der Waals surface area contributed by atoms with E-state index in [0.717, 1.165) is 5.69 Å². The Labute approximate surface area is 138 Å². The molecule has 8 nitrogen and oxygen atoms in total. The SMILES string of the molecule is Cc1ccnc(Oc2ccc(NC(=O)NCCCC(=O)O)cc2)n1. The maximum Gasteiger partial charge on any atom is 0.322 e. The number of carbonyl (C=O) groups is 2. The van der Waals surface area contributed by atoms with Crippen molar-refractivity contribution in [2.45, 2.75) is 19.8 Å². The lowest BCUT2D eigenvalue weighted by Gasteiger charge is -2.08. The number of rotatable bonds is 7. The number of benzene rings is 1. The summed E-state index contributed by atoms with van der Waals surface area (Å²) in [4.78, 5) is 30.2. The molecule has 0 spiro atoms. The highest BCUT2D eigenvalue weighted by Gasteiger charge is 2.04. The molecule has 1 aromatic heterocycles. The van der Waals surface area contributed by atoms with Crippen molar-refractivity contribution in [3.63, 3.8) is 0 Å². The van der Waals surface area contributed by atoms with Crippen molar-refractivity contribution < 1.29 is 19.4 Å². The molecule has 24 heavy (non-hydrogen) atoms. The van der Waals surface area contributed by atoms with Crippen molar-refractivity contribution in [1.29, 1.82) is 0 Å².